The second-order valence-corrected chi connectivity index (χ2v) is 7.83. The van der Waals surface area contributed by atoms with Crippen LogP contribution in [0.3, 0.4) is 0 Å². The maximum Gasteiger partial charge on any atom is 0.257 e. The lowest BCUT2D eigenvalue weighted by molar-refractivity contribution is -0.123. The number of nitrogens with one attached hydrogen (secondary N) is 1. The van der Waals surface area contributed by atoms with Crippen molar-refractivity contribution in [3.8, 4) is 11.5 Å². The van der Waals surface area contributed by atoms with Crippen molar-refractivity contribution in [3.05, 3.63) is 46.7 Å². The van der Waals surface area contributed by atoms with Crippen molar-refractivity contribution in [1.29, 1.82) is 0 Å². The molecule has 27 heavy (non-hydrogen) atoms. The van der Waals surface area contributed by atoms with Crippen molar-refractivity contribution >= 4 is 17.2 Å². The summed E-state index contributed by atoms with van der Waals surface area (Å²) in [6, 6.07) is 11.6. The molecule has 1 aromatic carbocycles. The summed E-state index contributed by atoms with van der Waals surface area (Å²) in [5.74, 6) is 1.97. The van der Waals surface area contributed by atoms with Crippen LogP contribution in [0, 0.1) is 5.92 Å². The highest BCUT2D eigenvalue weighted by Gasteiger charge is 2.20. The Kier molecular flexibility index (Phi) is 7.54. The number of benzene rings is 1. The van der Waals surface area contributed by atoms with Gasteiger partial charge in [0.2, 0.25) is 0 Å². The predicted molar refractivity (Wildman–Crippen MR) is 108 cm³/mol. The fraction of sp³-hybridized carbons (Fsp3) is 0.476. The molecule has 0 saturated carbocycles. The zero-order chi connectivity index (χ0) is 18.9. The lowest BCUT2D eigenvalue weighted by Gasteiger charge is -2.31. The van der Waals surface area contributed by atoms with Crippen LogP contribution in [0.25, 0.3) is 0 Å². The first-order chi connectivity index (χ1) is 13.2. The summed E-state index contributed by atoms with van der Waals surface area (Å²) in [4.78, 5) is 16.0. The number of carbonyl (C=O) groups is 1. The highest BCUT2D eigenvalue weighted by molar-refractivity contribution is 7.09. The monoisotopic (exact) mass is 388 g/mol. The number of nitrogens with zero attached hydrogens (tertiary/aromatic N) is 1. The van der Waals surface area contributed by atoms with E-state index in [1.54, 1.807) is 0 Å². The summed E-state index contributed by atoms with van der Waals surface area (Å²) >= 11 is 1.82. The molecule has 2 heterocycles. The van der Waals surface area contributed by atoms with Crippen molar-refractivity contribution in [2.45, 2.75) is 26.3 Å². The molecule has 1 aromatic heterocycles. The van der Waals surface area contributed by atoms with E-state index in [0.29, 0.717) is 18.3 Å². The molecule has 0 aliphatic carbocycles. The number of ether oxygens (including phenoxy) is 2. The van der Waals surface area contributed by atoms with Gasteiger partial charge in [0.1, 0.15) is 11.5 Å². The Bertz CT molecular complexity index is 680. The molecule has 1 saturated heterocycles. The van der Waals surface area contributed by atoms with Crippen LogP contribution in [-0.2, 0) is 11.3 Å². The molecule has 0 atom stereocenters. The van der Waals surface area contributed by atoms with Crippen LogP contribution in [0.2, 0.25) is 0 Å². The predicted octanol–water partition coefficient (Wildman–Crippen LogP) is 3.55. The third-order valence-electron chi connectivity index (χ3n) is 4.76. The molecule has 1 fully saturated rings. The van der Waals surface area contributed by atoms with Gasteiger partial charge < -0.3 is 14.8 Å². The first kappa shape index (κ1) is 19.7. The van der Waals surface area contributed by atoms with Gasteiger partial charge in [-0.25, -0.2) is 0 Å². The topological polar surface area (TPSA) is 50.8 Å². The van der Waals surface area contributed by atoms with Crippen LogP contribution < -0.4 is 14.8 Å². The third kappa shape index (κ3) is 6.56. The lowest BCUT2D eigenvalue weighted by atomic mass is 9.97. The largest absolute Gasteiger partial charge is 0.494 e. The highest BCUT2D eigenvalue weighted by Crippen LogP contribution is 2.20. The Labute approximate surface area is 165 Å². The van der Waals surface area contributed by atoms with Gasteiger partial charge in [0.15, 0.2) is 6.61 Å². The third-order valence-corrected chi connectivity index (χ3v) is 5.62. The second-order valence-electron chi connectivity index (χ2n) is 6.80. The molecule has 146 valence electrons. The second kappa shape index (κ2) is 10.3. The summed E-state index contributed by atoms with van der Waals surface area (Å²) in [5.41, 5.74) is 0. The van der Waals surface area contributed by atoms with Gasteiger partial charge in [0, 0.05) is 18.0 Å². The van der Waals surface area contributed by atoms with Crippen molar-refractivity contribution in [2.75, 3.05) is 32.8 Å². The van der Waals surface area contributed by atoms with Gasteiger partial charge in [-0.15, -0.1) is 11.3 Å². The molecule has 6 heteroatoms. The Morgan fingerprint density at radius 3 is 2.48 bits per heavy atom. The minimum absolute atomic E-state index is 0.0468. The standard InChI is InChI=1S/C21H28N2O3S/c1-2-25-18-5-7-19(8-6-18)26-16-21(24)22-14-17-9-11-23(12-10-17)15-20-4-3-13-27-20/h3-8,13,17H,2,9-12,14-16H2,1H3,(H,22,24). The summed E-state index contributed by atoms with van der Waals surface area (Å²) in [6.07, 6.45) is 2.26. The van der Waals surface area contributed by atoms with E-state index in [9.17, 15) is 4.79 Å². The fourth-order valence-corrected chi connectivity index (χ4v) is 3.97. The van der Waals surface area contributed by atoms with E-state index in [1.807, 2.05) is 42.5 Å². The molecular weight excluding hydrogens is 360 g/mol. The van der Waals surface area contributed by atoms with Crippen LogP contribution in [-0.4, -0.2) is 43.7 Å². The van der Waals surface area contributed by atoms with Crippen LogP contribution in [0.4, 0.5) is 0 Å². The quantitative estimate of drug-likeness (QED) is 0.714. The number of piperidine rings is 1. The van der Waals surface area contributed by atoms with Crippen LogP contribution >= 0.6 is 11.3 Å². The average Bonchev–Trinajstić information content (AvgIpc) is 3.20. The summed E-state index contributed by atoms with van der Waals surface area (Å²) in [7, 11) is 0. The average molecular weight is 389 g/mol. The fourth-order valence-electron chi connectivity index (χ4n) is 3.23. The molecule has 3 rings (SSSR count). The van der Waals surface area contributed by atoms with Gasteiger partial charge in [0.25, 0.3) is 5.91 Å². The van der Waals surface area contributed by atoms with E-state index in [4.69, 9.17) is 9.47 Å². The van der Waals surface area contributed by atoms with E-state index < -0.39 is 0 Å². The Morgan fingerprint density at radius 2 is 1.85 bits per heavy atom. The van der Waals surface area contributed by atoms with Crippen molar-refractivity contribution in [2.24, 2.45) is 5.92 Å². The zero-order valence-electron chi connectivity index (χ0n) is 15.9. The van der Waals surface area contributed by atoms with Crippen molar-refractivity contribution in [1.82, 2.24) is 10.2 Å². The molecule has 0 unspecified atom stereocenters. The summed E-state index contributed by atoms with van der Waals surface area (Å²) < 4.78 is 10.9. The minimum atomic E-state index is -0.0649. The van der Waals surface area contributed by atoms with E-state index >= 15 is 0 Å². The molecule has 1 N–H and O–H groups in total. The Hall–Kier alpha value is -2.05. The van der Waals surface area contributed by atoms with Gasteiger partial charge in [-0.1, -0.05) is 6.07 Å². The van der Waals surface area contributed by atoms with Gasteiger partial charge in [-0.2, -0.15) is 0 Å². The van der Waals surface area contributed by atoms with Crippen LogP contribution in [0.1, 0.15) is 24.6 Å². The maximum atomic E-state index is 12.0. The molecule has 1 amide bonds. The van der Waals surface area contributed by atoms with Gasteiger partial charge in [-0.05, 0) is 74.5 Å². The zero-order valence-corrected chi connectivity index (χ0v) is 16.7. The number of rotatable bonds is 9. The van der Waals surface area contributed by atoms with E-state index in [-0.39, 0.29) is 12.5 Å². The molecule has 0 spiro atoms. The minimum Gasteiger partial charge on any atom is -0.494 e. The molecule has 0 bridgehead atoms. The Balaban J connectivity index is 1.30. The van der Waals surface area contributed by atoms with Crippen LogP contribution in [0.15, 0.2) is 41.8 Å². The number of hydrogen-bond donors (Lipinski definition) is 1. The summed E-state index contributed by atoms with van der Waals surface area (Å²) in [5, 5.41) is 5.14. The SMILES string of the molecule is CCOc1ccc(OCC(=O)NCC2CCN(Cc3cccs3)CC2)cc1. The molecule has 0 radical (unpaired) electrons. The smallest absolute Gasteiger partial charge is 0.257 e. The normalized spacial score (nSPS) is 15.4. The lowest BCUT2D eigenvalue weighted by Crippen LogP contribution is -2.39. The van der Waals surface area contributed by atoms with Gasteiger partial charge >= 0.3 is 0 Å². The molecule has 1 aliphatic rings. The van der Waals surface area contributed by atoms with Crippen molar-refractivity contribution < 1.29 is 14.3 Å². The van der Waals surface area contributed by atoms with Crippen LogP contribution in [0.5, 0.6) is 11.5 Å². The number of hydrogen-bond acceptors (Lipinski definition) is 5. The number of carbonyl (C=O) groups excluding carboxylic acids is 1. The molecule has 1 aliphatic heterocycles. The highest BCUT2D eigenvalue weighted by atomic mass is 32.1. The first-order valence-corrected chi connectivity index (χ1v) is 10.5. The van der Waals surface area contributed by atoms with E-state index in [1.165, 1.54) is 4.88 Å². The van der Waals surface area contributed by atoms with Gasteiger partial charge in [0.05, 0.1) is 6.61 Å². The molecular formula is C21H28N2O3S. The maximum absolute atomic E-state index is 12.0. The number of thiophene rings is 1. The van der Waals surface area contributed by atoms with E-state index in [0.717, 1.165) is 44.8 Å². The molecule has 5 nitrogen and oxygen atoms in total. The Morgan fingerprint density at radius 1 is 1.15 bits per heavy atom. The van der Waals surface area contributed by atoms with E-state index in [2.05, 4.69) is 27.7 Å². The first-order valence-electron chi connectivity index (χ1n) is 9.60. The number of amides is 1. The molecule has 2 aromatic rings. The summed E-state index contributed by atoms with van der Waals surface area (Å²) in [6.45, 7) is 6.61. The van der Waals surface area contributed by atoms with Gasteiger partial charge in [-0.3, -0.25) is 9.69 Å². The number of likely N-dealkylation sites (tertiary alicyclic amines) is 1. The van der Waals surface area contributed by atoms with Crippen molar-refractivity contribution in [3.63, 3.8) is 0 Å².